The molecule has 18 heavy (non-hydrogen) atoms. The number of phenols is 1. The standard InChI is InChI=1S/C14H19NO3/c1-3-15-8-10(6-9(2)14(17)18)12-7-11(16)4-5-13(12)15/h4-5,7,9-10,16H,3,6,8H2,1-2H3,(H,17,18). The third-order valence-corrected chi connectivity index (χ3v) is 3.67. The fourth-order valence-electron chi connectivity index (χ4n) is 2.65. The maximum atomic E-state index is 11.0. The maximum absolute atomic E-state index is 11.0. The predicted molar refractivity (Wildman–Crippen MR) is 70.2 cm³/mol. The third-order valence-electron chi connectivity index (χ3n) is 3.67. The van der Waals surface area contributed by atoms with Crippen molar-refractivity contribution in [3.05, 3.63) is 23.8 Å². The van der Waals surface area contributed by atoms with Crippen molar-refractivity contribution in [3.63, 3.8) is 0 Å². The second kappa shape index (κ2) is 4.88. The van der Waals surface area contributed by atoms with Gasteiger partial charge in [0.25, 0.3) is 0 Å². The van der Waals surface area contributed by atoms with E-state index in [4.69, 9.17) is 5.11 Å². The average molecular weight is 249 g/mol. The first-order chi connectivity index (χ1) is 8.52. The molecule has 1 aromatic rings. The molecule has 0 radical (unpaired) electrons. The largest absolute Gasteiger partial charge is 0.508 e. The maximum Gasteiger partial charge on any atom is 0.306 e. The van der Waals surface area contributed by atoms with Gasteiger partial charge in [0.15, 0.2) is 0 Å². The second-order valence-corrected chi connectivity index (χ2v) is 4.95. The molecular weight excluding hydrogens is 230 g/mol. The number of aliphatic carboxylic acids is 1. The molecule has 1 aliphatic rings. The van der Waals surface area contributed by atoms with E-state index in [9.17, 15) is 9.90 Å². The first kappa shape index (κ1) is 12.7. The Morgan fingerprint density at radius 3 is 2.89 bits per heavy atom. The lowest BCUT2D eigenvalue weighted by molar-refractivity contribution is -0.141. The van der Waals surface area contributed by atoms with Crippen LogP contribution in [-0.4, -0.2) is 29.3 Å². The Morgan fingerprint density at radius 2 is 2.28 bits per heavy atom. The molecule has 0 saturated carbocycles. The molecule has 1 aromatic carbocycles. The van der Waals surface area contributed by atoms with Crippen LogP contribution in [0.1, 0.15) is 31.7 Å². The molecule has 2 atom stereocenters. The molecule has 0 aromatic heterocycles. The van der Waals surface area contributed by atoms with Gasteiger partial charge in [-0.2, -0.15) is 0 Å². The van der Waals surface area contributed by atoms with Crippen molar-refractivity contribution in [1.82, 2.24) is 0 Å². The van der Waals surface area contributed by atoms with Crippen LogP contribution in [-0.2, 0) is 4.79 Å². The van der Waals surface area contributed by atoms with Gasteiger partial charge in [-0.05, 0) is 37.1 Å². The average Bonchev–Trinajstić information content (AvgIpc) is 2.66. The molecule has 4 nitrogen and oxygen atoms in total. The minimum atomic E-state index is -0.758. The molecule has 0 saturated heterocycles. The molecule has 98 valence electrons. The van der Waals surface area contributed by atoms with E-state index in [0.717, 1.165) is 24.3 Å². The van der Waals surface area contributed by atoms with E-state index >= 15 is 0 Å². The fourth-order valence-corrected chi connectivity index (χ4v) is 2.65. The minimum Gasteiger partial charge on any atom is -0.508 e. The lowest BCUT2D eigenvalue weighted by Gasteiger charge is -2.17. The summed E-state index contributed by atoms with van der Waals surface area (Å²) in [6.07, 6.45) is 0.613. The number of hydrogen-bond donors (Lipinski definition) is 2. The van der Waals surface area contributed by atoms with Gasteiger partial charge in [-0.15, -0.1) is 0 Å². The van der Waals surface area contributed by atoms with E-state index in [-0.39, 0.29) is 17.6 Å². The summed E-state index contributed by atoms with van der Waals surface area (Å²) in [5.41, 5.74) is 2.20. The van der Waals surface area contributed by atoms with Crippen LogP contribution in [0.25, 0.3) is 0 Å². The number of phenolic OH excluding ortho intramolecular Hbond substituents is 1. The van der Waals surface area contributed by atoms with E-state index in [0.29, 0.717) is 6.42 Å². The van der Waals surface area contributed by atoms with Gasteiger partial charge in [0.2, 0.25) is 0 Å². The Morgan fingerprint density at radius 1 is 1.56 bits per heavy atom. The summed E-state index contributed by atoms with van der Waals surface area (Å²) >= 11 is 0. The molecule has 2 N–H and O–H groups in total. The van der Waals surface area contributed by atoms with Crippen LogP contribution in [0.3, 0.4) is 0 Å². The normalized spacial score (nSPS) is 19.7. The summed E-state index contributed by atoms with van der Waals surface area (Å²) in [7, 11) is 0. The van der Waals surface area contributed by atoms with Crippen LogP contribution >= 0.6 is 0 Å². The van der Waals surface area contributed by atoms with Gasteiger partial charge >= 0.3 is 5.97 Å². The Hall–Kier alpha value is -1.71. The molecule has 0 amide bonds. The Bertz CT molecular complexity index is 458. The monoisotopic (exact) mass is 249 g/mol. The second-order valence-electron chi connectivity index (χ2n) is 4.95. The third kappa shape index (κ3) is 2.28. The van der Waals surface area contributed by atoms with Crippen molar-refractivity contribution in [2.75, 3.05) is 18.0 Å². The predicted octanol–water partition coefficient (Wildman–Crippen LogP) is 2.43. The number of anilines is 1. The van der Waals surface area contributed by atoms with Gasteiger partial charge in [0.1, 0.15) is 5.75 Å². The van der Waals surface area contributed by atoms with Crippen molar-refractivity contribution in [2.45, 2.75) is 26.2 Å². The van der Waals surface area contributed by atoms with Crippen LogP contribution in [0.15, 0.2) is 18.2 Å². The Labute approximate surface area is 107 Å². The van der Waals surface area contributed by atoms with Crippen molar-refractivity contribution in [1.29, 1.82) is 0 Å². The highest BCUT2D eigenvalue weighted by atomic mass is 16.4. The highest BCUT2D eigenvalue weighted by Crippen LogP contribution is 2.41. The number of hydrogen-bond acceptors (Lipinski definition) is 3. The van der Waals surface area contributed by atoms with Gasteiger partial charge in [-0.1, -0.05) is 6.92 Å². The molecule has 2 rings (SSSR count). The van der Waals surface area contributed by atoms with Crippen molar-refractivity contribution in [2.24, 2.45) is 5.92 Å². The van der Waals surface area contributed by atoms with Gasteiger partial charge in [0, 0.05) is 24.7 Å². The lowest BCUT2D eigenvalue weighted by atomic mass is 9.91. The molecule has 1 heterocycles. The van der Waals surface area contributed by atoms with E-state index < -0.39 is 5.97 Å². The first-order valence-electron chi connectivity index (χ1n) is 6.33. The number of carbonyl (C=O) groups is 1. The van der Waals surface area contributed by atoms with Crippen LogP contribution in [0.2, 0.25) is 0 Å². The van der Waals surface area contributed by atoms with Crippen LogP contribution in [0.4, 0.5) is 5.69 Å². The molecule has 0 bridgehead atoms. The van der Waals surface area contributed by atoms with Crippen molar-refractivity contribution < 1.29 is 15.0 Å². The molecule has 0 spiro atoms. The first-order valence-corrected chi connectivity index (χ1v) is 6.33. The topological polar surface area (TPSA) is 60.8 Å². The number of carboxylic acid groups (broad SMARTS) is 1. The van der Waals surface area contributed by atoms with Crippen molar-refractivity contribution >= 4 is 11.7 Å². The summed E-state index contributed by atoms with van der Waals surface area (Å²) < 4.78 is 0. The van der Waals surface area contributed by atoms with E-state index in [1.807, 2.05) is 6.07 Å². The quantitative estimate of drug-likeness (QED) is 0.860. The Balaban J connectivity index is 2.25. The molecule has 2 unspecified atom stereocenters. The van der Waals surface area contributed by atoms with Crippen LogP contribution in [0.5, 0.6) is 5.75 Å². The van der Waals surface area contributed by atoms with E-state index in [1.54, 1.807) is 19.1 Å². The summed E-state index contributed by atoms with van der Waals surface area (Å²) in [5.74, 6) is -0.675. The minimum absolute atomic E-state index is 0.193. The number of aromatic hydroxyl groups is 1. The van der Waals surface area contributed by atoms with E-state index in [1.165, 1.54) is 0 Å². The van der Waals surface area contributed by atoms with Gasteiger partial charge in [0.05, 0.1) is 5.92 Å². The summed E-state index contributed by atoms with van der Waals surface area (Å²) in [4.78, 5) is 13.2. The molecule has 4 heteroatoms. The van der Waals surface area contributed by atoms with Crippen molar-refractivity contribution in [3.8, 4) is 5.75 Å². The zero-order valence-corrected chi connectivity index (χ0v) is 10.8. The summed E-state index contributed by atoms with van der Waals surface area (Å²) in [6.45, 7) is 5.56. The summed E-state index contributed by atoms with van der Waals surface area (Å²) in [6, 6.07) is 5.37. The fraction of sp³-hybridized carbons (Fsp3) is 0.500. The number of likely N-dealkylation sites (N-methyl/N-ethyl adjacent to an activating group) is 1. The highest BCUT2D eigenvalue weighted by Gasteiger charge is 2.30. The zero-order valence-electron chi connectivity index (χ0n) is 10.8. The number of nitrogens with zero attached hydrogens (tertiary/aromatic N) is 1. The smallest absolute Gasteiger partial charge is 0.306 e. The number of rotatable bonds is 4. The number of fused-ring (bicyclic) bond motifs is 1. The van der Waals surface area contributed by atoms with Crippen LogP contribution in [0, 0.1) is 5.92 Å². The zero-order chi connectivity index (χ0) is 13.3. The Kier molecular flexibility index (Phi) is 3.45. The highest BCUT2D eigenvalue weighted by molar-refractivity contribution is 5.70. The van der Waals surface area contributed by atoms with Crippen LogP contribution < -0.4 is 4.90 Å². The summed E-state index contributed by atoms with van der Waals surface area (Å²) in [5, 5.41) is 18.6. The van der Waals surface area contributed by atoms with Gasteiger partial charge in [-0.25, -0.2) is 0 Å². The molecule has 1 aliphatic heterocycles. The van der Waals surface area contributed by atoms with Gasteiger partial charge < -0.3 is 15.1 Å². The molecule has 0 fully saturated rings. The number of carboxylic acids is 1. The lowest BCUT2D eigenvalue weighted by Crippen LogP contribution is -2.22. The van der Waals surface area contributed by atoms with Gasteiger partial charge in [-0.3, -0.25) is 4.79 Å². The number of benzene rings is 1. The molecular formula is C14H19NO3. The van der Waals surface area contributed by atoms with E-state index in [2.05, 4.69) is 11.8 Å². The SMILES string of the molecule is CCN1CC(CC(C)C(=O)O)c2cc(O)ccc21. The molecule has 0 aliphatic carbocycles.